The molecule has 0 aromatic carbocycles. The number of hydrogen-bond donors (Lipinski definition) is 0. The van der Waals surface area contributed by atoms with Crippen molar-refractivity contribution in [3.05, 3.63) is 30.4 Å². The van der Waals surface area contributed by atoms with E-state index in [1.807, 2.05) is 24.7 Å². The number of allylic oxidation sites excluding steroid dienone is 1. The van der Waals surface area contributed by atoms with E-state index >= 15 is 0 Å². The maximum atomic E-state index is 11.4. The van der Waals surface area contributed by atoms with E-state index in [9.17, 15) is 4.79 Å². The molecule has 0 aliphatic carbocycles. The summed E-state index contributed by atoms with van der Waals surface area (Å²) in [4.78, 5) is 17.2. The van der Waals surface area contributed by atoms with Gasteiger partial charge in [0, 0.05) is 26.5 Å². The average Bonchev–Trinajstić information content (AvgIpc) is 2.52. The molecule has 4 heteroatoms. The highest BCUT2D eigenvalue weighted by Gasteiger charge is 2.07. The van der Waals surface area contributed by atoms with Crippen molar-refractivity contribution >= 4 is 5.91 Å². The van der Waals surface area contributed by atoms with Crippen LogP contribution in [-0.2, 0) is 18.4 Å². The van der Waals surface area contributed by atoms with Crippen molar-refractivity contribution in [3.63, 3.8) is 0 Å². The molecule has 1 rings (SSSR count). The third kappa shape index (κ3) is 2.45. The van der Waals surface area contributed by atoms with Gasteiger partial charge in [-0.05, 0) is 13.0 Å². The molecule has 0 saturated carbocycles. The van der Waals surface area contributed by atoms with Crippen LogP contribution in [0.15, 0.2) is 24.5 Å². The minimum Gasteiger partial charge on any atom is -0.337 e. The molecule has 0 N–H and O–H groups in total. The highest BCUT2D eigenvalue weighted by molar-refractivity contribution is 5.87. The Hall–Kier alpha value is -1.58. The van der Waals surface area contributed by atoms with Crippen LogP contribution in [0, 0.1) is 0 Å². The first-order valence-electron chi connectivity index (χ1n) is 4.49. The van der Waals surface area contributed by atoms with Crippen LogP contribution >= 0.6 is 0 Å². The predicted molar refractivity (Wildman–Crippen MR) is 54.5 cm³/mol. The molecule has 0 aliphatic heterocycles. The van der Waals surface area contributed by atoms with Crippen molar-refractivity contribution in [2.24, 2.45) is 7.05 Å². The number of imidazole rings is 1. The summed E-state index contributed by atoms with van der Waals surface area (Å²) in [5.74, 6) is 0.876. The Kier molecular flexibility index (Phi) is 3.45. The first-order valence-corrected chi connectivity index (χ1v) is 4.49. The fourth-order valence-corrected chi connectivity index (χ4v) is 1.11. The normalized spacial score (nSPS) is 10.8. The van der Waals surface area contributed by atoms with Gasteiger partial charge in [0.2, 0.25) is 5.91 Å². The number of amides is 1. The van der Waals surface area contributed by atoms with Gasteiger partial charge in [-0.1, -0.05) is 6.08 Å². The molecule has 0 bridgehead atoms. The SMILES string of the molecule is CC=CC(=O)N(C)Cc1nccn1C. The molecule has 0 radical (unpaired) electrons. The number of nitrogens with zero attached hydrogens (tertiary/aromatic N) is 3. The molecule has 0 aliphatic rings. The molecule has 1 aromatic rings. The fourth-order valence-electron chi connectivity index (χ4n) is 1.11. The number of aryl methyl sites for hydroxylation is 1. The van der Waals surface area contributed by atoms with Crippen LogP contribution in [0.25, 0.3) is 0 Å². The number of aromatic nitrogens is 2. The lowest BCUT2D eigenvalue weighted by Gasteiger charge is -2.14. The molecule has 1 heterocycles. The van der Waals surface area contributed by atoms with Crippen molar-refractivity contribution < 1.29 is 4.79 Å². The van der Waals surface area contributed by atoms with Crippen LogP contribution in [0.5, 0.6) is 0 Å². The lowest BCUT2D eigenvalue weighted by atomic mass is 10.4. The summed E-state index contributed by atoms with van der Waals surface area (Å²) in [5.41, 5.74) is 0. The van der Waals surface area contributed by atoms with Gasteiger partial charge in [0.25, 0.3) is 0 Å². The average molecular weight is 193 g/mol. The third-order valence-electron chi connectivity index (χ3n) is 1.99. The maximum absolute atomic E-state index is 11.4. The number of likely N-dealkylation sites (N-methyl/N-ethyl adjacent to an activating group) is 1. The molecular weight excluding hydrogens is 178 g/mol. The van der Waals surface area contributed by atoms with Gasteiger partial charge in [-0.15, -0.1) is 0 Å². The van der Waals surface area contributed by atoms with Crippen LogP contribution in [0.3, 0.4) is 0 Å². The Balaban J connectivity index is 2.61. The van der Waals surface area contributed by atoms with Crippen LogP contribution < -0.4 is 0 Å². The molecule has 14 heavy (non-hydrogen) atoms. The Morgan fingerprint density at radius 3 is 2.93 bits per heavy atom. The predicted octanol–water partition coefficient (Wildman–Crippen LogP) is 0.955. The molecule has 0 saturated heterocycles. The van der Waals surface area contributed by atoms with Gasteiger partial charge in [-0.3, -0.25) is 4.79 Å². The summed E-state index contributed by atoms with van der Waals surface area (Å²) in [6, 6.07) is 0. The summed E-state index contributed by atoms with van der Waals surface area (Å²) in [6.45, 7) is 2.36. The van der Waals surface area contributed by atoms with Crippen molar-refractivity contribution in [2.75, 3.05) is 7.05 Å². The van der Waals surface area contributed by atoms with E-state index in [0.717, 1.165) is 5.82 Å². The van der Waals surface area contributed by atoms with Crippen LogP contribution in [0.2, 0.25) is 0 Å². The molecule has 76 valence electrons. The summed E-state index contributed by atoms with van der Waals surface area (Å²) in [6.07, 6.45) is 6.87. The zero-order valence-electron chi connectivity index (χ0n) is 8.77. The zero-order valence-corrected chi connectivity index (χ0v) is 8.77. The van der Waals surface area contributed by atoms with Gasteiger partial charge in [0.05, 0.1) is 6.54 Å². The van der Waals surface area contributed by atoms with E-state index in [4.69, 9.17) is 0 Å². The van der Waals surface area contributed by atoms with Gasteiger partial charge in [0.1, 0.15) is 5.82 Å². The molecule has 0 atom stereocenters. The van der Waals surface area contributed by atoms with E-state index in [1.54, 1.807) is 30.3 Å². The summed E-state index contributed by atoms with van der Waals surface area (Å²) < 4.78 is 1.90. The van der Waals surface area contributed by atoms with Crippen LogP contribution in [0.1, 0.15) is 12.7 Å². The van der Waals surface area contributed by atoms with Gasteiger partial charge < -0.3 is 9.47 Å². The Morgan fingerprint density at radius 1 is 1.71 bits per heavy atom. The second-order valence-electron chi connectivity index (χ2n) is 3.15. The lowest BCUT2D eigenvalue weighted by molar-refractivity contribution is -0.125. The summed E-state index contributed by atoms with van der Waals surface area (Å²) in [7, 11) is 3.67. The van der Waals surface area contributed by atoms with Crippen molar-refractivity contribution in [1.29, 1.82) is 0 Å². The van der Waals surface area contributed by atoms with Gasteiger partial charge in [0.15, 0.2) is 0 Å². The quantitative estimate of drug-likeness (QED) is 0.670. The van der Waals surface area contributed by atoms with E-state index in [-0.39, 0.29) is 5.91 Å². The van der Waals surface area contributed by atoms with E-state index in [0.29, 0.717) is 6.54 Å². The Labute approximate surface area is 83.9 Å². The number of hydrogen-bond acceptors (Lipinski definition) is 2. The topological polar surface area (TPSA) is 38.1 Å². The third-order valence-corrected chi connectivity index (χ3v) is 1.99. The van der Waals surface area contributed by atoms with E-state index in [2.05, 4.69) is 4.98 Å². The van der Waals surface area contributed by atoms with Crippen molar-refractivity contribution in [3.8, 4) is 0 Å². The summed E-state index contributed by atoms with van der Waals surface area (Å²) in [5, 5.41) is 0. The van der Waals surface area contributed by atoms with Gasteiger partial charge >= 0.3 is 0 Å². The first-order chi connectivity index (χ1) is 6.65. The highest BCUT2D eigenvalue weighted by Crippen LogP contribution is 1.99. The van der Waals surface area contributed by atoms with Gasteiger partial charge in [-0.2, -0.15) is 0 Å². The van der Waals surface area contributed by atoms with E-state index in [1.165, 1.54) is 0 Å². The molecule has 0 spiro atoms. The first kappa shape index (κ1) is 10.5. The lowest BCUT2D eigenvalue weighted by Crippen LogP contribution is -2.25. The second kappa shape index (κ2) is 4.60. The minimum atomic E-state index is -0.00417. The molecule has 0 unspecified atom stereocenters. The summed E-state index contributed by atoms with van der Waals surface area (Å²) >= 11 is 0. The molecular formula is C10H15N3O. The molecule has 4 nitrogen and oxygen atoms in total. The molecule has 1 aromatic heterocycles. The monoisotopic (exact) mass is 193 g/mol. The smallest absolute Gasteiger partial charge is 0.246 e. The number of rotatable bonds is 3. The van der Waals surface area contributed by atoms with Crippen molar-refractivity contribution in [1.82, 2.24) is 14.5 Å². The second-order valence-corrected chi connectivity index (χ2v) is 3.15. The van der Waals surface area contributed by atoms with Gasteiger partial charge in [-0.25, -0.2) is 4.98 Å². The standard InChI is InChI=1S/C10H15N3O/c1-4-5-10(14)13(3)8-9-11-6-7-12(9)2/h4-7H,8H2,1-3H3. The maximum Gasteiger partial charge on any atom is 0.246 e. The largest absolute Gasteiger partial charge is 0.337 e. The van der Waals surface area contributed by atoms with Crippen molar-refractivity contribution in [2.45, 2.75) is 13.5 Å². The van der Waals surface area contributed by atoms with Crippen LogP contribution in [-0.4, -0.2) is 27.4 Å². The fraction of sp³-hybridized carbons (Fsp3) is 0.400. The Bertz CT molecular complexity index is 341. The highest BCUT2D eigenvalue weighted by atomic mass is 16.2. The van der Waals surface area contributed by atoms with Crippen LogP contribution in [0.4, 0.5) is 0 Å². The van der Waals surface area contributed by atoms with E-state index < -0.39 is 0 Å². The molecule has 0 fully saturated rings. The minimum absolute atomic E-state index is 0.00417. The zero-order chi connectivity index (χ0) is 10.6. The Morgan fingerprint density at radius 2 is 2.43 bits per heavy atom. The number of carbonyl (C=O) groups is 1. The number of carbonyl (C=O) groups excluding carboxylic acids is 1. The molecule has 1 amide bonds.